The number of amides is 1. The van der Waals surface area contributed by atoms with Gasteiger partial charge in [0, 0.05) is 12.6 Å². The third-order valence-corrected chi connectivity index (χ3v) is 2.09. The van der Waals surface area contributed by atoms with Crippen molar-refractivity contribution in [2.24, 2.45) is 0 Å². The van der Waals surface area contributed by atoms with Gasteiger partial charge in [0.25, 0.3) is 0 Å². The van der Waals surface area contributed by atoms with E-state index < -0.39 is 11.7 Å². The number of nitrogens with one attached hydrogen (secondary N) is 1. The smallest absolute Gasteiger partial charge is 0.349 e. The number of benzene rings is 1. The van der Waals surface area contributed by atoms with Crippen molar-refractivity contribution in [2.75, 3.05) is 6.54 Å². The summed E-state index contributed by atoms with van der Waals surface area (Å²) in [5.74, 6) is -0.324. The molecule has 0 spiro atoms. The van der Waals surface area contributed by atoms with Gasteiger partial charge in [0.2, 0.25) is 5.91 Å². The van der Waals surface area contributed by atoms with E-state index in [2.05, 4.69) is 11.9 Å². The van der Waals surface area contributed by atoms with Crippen molar-refractivity contribution >= 4 is 12.0 Å². The molecule has 1 aromatic rings. The molecule has 0 radical (unpaired) electrons. The molecule has 0 aliphatic rings. The van der Waals surface area contributed by atoms with E-state index in [1.54, 1.807) is 0 Å². The first-order chi connectivity index (χ1) is 8.43. The van der Waals surface area contributed by atoms with Crippen molar-refractivity contribution in [1.29, 1.82) is 0 Å². The third kappa shape index (κ3) is 4.45. The maximum Gasteiger partial charge on any atom is 0.416 e. The van der Waals surface area contributed by atoms with E-state index in [1.807, 2.05) is 0 Å². The van der Waals surface area contributed by atoms with E-state index in [4.69, 9.17) is 0 Å². The Morgan fingerprint density at radius 2 is 1.89 bits per heavy atom. The van der Waals surface area contributed by atoms with Crippen molar-refractivity contribution in [3.05, 3.63) is 54.1 Å². The quantitative estimate of drug-likeness (QED) is 0.650. The van der Waals surface area contributed by atoms with Crippen LogP contribution in [0.25, 0.3) is 6.08 Å². The number of hydrogen-bond donors (Lipinski definition) is 1. The Morgan fingerprint density at radius 1 is 1.28 bits per heavy atom. The first-order valence-electron chi connectivity index (χ1n) is 5.17. The molecular formula is C13H12F3NO. The maximum absolute atomic E-state index is 12.3. The highest BCUT2D eigenvalue weighted by Crippen LogP contribution is 2.29. The van der Waals surface area contributed by atoms with Crippen molar-refractivity contribution in [2.45, 2.75) is 6.18 Å². The van der Waals surface area contributed by atoms with Gasteiger partial charge in [0.1, 0.15) is 0 Å². The molecule has 0 heterocycles. The van der Waals surface area contributed by atoms with E-state index >= 15 is 0 Å². The molecule has 0 atom stereocenters. The molecule has 96 valence electrons. The van der Waals surface area contributed by atoms with Crippen LogP contribution in [-0.4, -0.2) is 12.5 Å². The number of rotatable bonds is 4. The zero-order valence-corrected chi connectivity index (χ0v) is 9.50. The molecule has 1 N–H and O–H groups in total. The van der Waals surface area contributed by atoms with Crippen LogP contribution in [0.4, 0.5) is 13.2 Å². The summed E-state index contributed by atoms with van der Waals surface area (Å²) in [6.07, 6.45) is -0.113. The summed E-state index contributed by atoms with van der Waals surface area (Å²) in [5.41, 5.74) is -0.187. The van der Waals surface area contributed by atoms with Gasteiger partial charge in [-0.2, -0.15) is 13.2 Å². The topological polar surface area (TPSA) is 29.1 Å². The van der Waals surface area contributed by atoms with Gasteiger partial charge in [-0.25, -0.2) is 0 Å². The monoisotopic (exact) mass is 255 g/mol. The molecule has 0 unspecified atom stereocenters. The number of carbonyl (C=O) groups is 1. The van der Waals surface area contributed by atoms with Crippen molar-refractivity contribution in [3.8, 4) is 0 Å². The largest absolute Gasteiger partial charge is 0.416 e. The van der Waals surface area contributed by atoms with E-state index in [9.17, 15) is 18.0 Å². The first kappa shape index (κ1) is 14.0. The first-order valence-corrected chi connectivity index (χ1v) is 5.17. The average Bonchev–Trinajstić information content (AvgIpc) is 2.33. The van der Waals surface area contributed by atoms with E-state index in [-0.39, 0.29) is 5.91 Å². The normalized spacial score (nSPS) is 11.5. The molecule has 1 aromatic carbocycles. The van der Waals surface area contributed by atoms with Gasteiger partial charge in [0.05, 0.1) is 5.56 Å². The Morgan fingerprint density at radius 3 is 2.39 bits per heavy atom. The molecular weight excluding hydrogens is 243 g/mol. The second kappa shape index (κ2) is 6.05. The molecule has 0 bridgehead atoms. The SMILES string of the molecule is C=CCNC(=O)/C=C/c1ccc(C(F)(F)F)cc1. The van der Waals surface area contributed by atoms with Gasteiger partial charge in [-0.05, 0) is 23.8 Å². The molecule has 0 saturated carbocycles. The lowest BCUT2D eigenvalue weighted by atomic mass is 10.1. The number of hydrogen-bond acceptors (Lipinski definition) is 1. The van der Waals surface area contributed by atoms with Crippen molar-refractivity contribution in [3.63, 3.8) is 0 Å². The minimum absolute atomic E-state index is 0.324. The molecule has 18 heavy (non-hydrogen) atoms. The van der Waals surface area contributed by atoms with Crippen LogP contribution in [0.3, 0.4) is 0 Å². The lowest BCUT2D eigenvalue weighted by Crippen LogP contribution is -2.20. The lowest BCUT2D eigenvalue weighted by molar-refractivity contribution is -0.137. The molecule has 0 aromatic heterocycles. The number of halogens is 3. The van der Waals surface area contributed by atoms with Crippen LogP contribution >= 0.6 is 0 Å². The molecule has 1 amide bonds. The highest BCUT2D eigenvalue weighted by molar-refractivity contribution is 5.91. The summed E-state index contributed by atoms with van der Waals surface area (Å²) in [7, 11) is 0. The minimum Gasteiger partial charge on any atom is -0.349 e. The summed E-state index contributed by atoms with van der Waals surface area (Å²) >= 11 is 0. The zero-order chi connectivity index (χ0) is 13.6. The third-order valence-electron chi connectivity index (χ3n) is 2.09. The molecule has 0 aliphatic carbocycles. The minimum atomic E-state index is -4.34. The predicted octanol–water partition coefficient (Wildman–Crippen LogP) is 3.02. The molecule has 1 rings (SSSR count). The van der Waals surface area contributed by atoms with Crippen molar-refractivity contribution < 1.29 is 18.0 Å². The summed E-state index contributed by atoms with van der Waals surface area (Å²) in [6, 6.07) is 4.56. The van der Waals surface area contributed by atoms with Crippen LogP contribution in [-0.2, 0) is 11.0 Å². The summed E-state index contributed by atoms with van der Waals surface area (Å²) in [5, 5.41) is 2.51. The highest BCUT2D eigenvalue weighted by Gasteiger charge is 2.29. The number of alkyl halides is 3. The van der Waals surface area contributed by atoms with Crippen LogP contribution in [0.1, 0.15) is 11.1 Å². The van der Waals surface area contributed by atoms with Crippen LogP contribution in [0.15, 0.2) is 43.0 Å². The molecule has 0 fully saturated rings. The highest BCUT2D eigenvalue weighted by atomic mass is 19.4. The maximum atomic E-state index is 12.3. The second-order valence-electron chi connectivity index (χ2n) is 3.49. The van der Waals surface area contributed by atoms with Gasteiger partial charge in [-0.3, -0.25) is 4.79 Å². The Bertz CT molecular complexity index is 446. The van der Waals surface area contributed by atoms with E-state index in [1.165, 1.54) is 30.4 Å². The Labute approximate surface area is 103 Å². The fourth-order valence-electron chi connectivity index (χ4n) is 1.19. The summed E-state index contributed by atoms with van der Waals surface area (Å²) in [6.45, 7) is 3.78. The number of carbonyl (C=O) groups excluding carboxylic acids is 1. The van der Waals surface area contributed by atoms with Crippen LogP contribution < -0.4 is 5.32 Å². The Hall–Kier alpha value is -2.04. The fourth-order valence-corrected chi connectivity index (χ4v) is 1.19. The fraction of sp³-hybridized carbons (Fsp3) is 0.154. The zero-order valence-electron chi connectivity index (χ0n) is 9.50. The molecule has 0 saturated heterocycles. The molecule has 5 heteroatoms. The molecule has 2 nitrogen and oxygen atoms in total. The van der Waals surface area contributed by atoms with Gasteiger partial charge in [-0.1, -0.05) is 18.2 Å². The predicted molar refractivity (Wildman–Crippen MR) is 63.7 cm³/mol. The van der Waals surface area contributed by atoms with E-state index in [0.717, 1.165) is 12.1 Å². The van der Waals surface area contributed by atoms with Gasteiger partial charge < -0.3 is 5.32 Å². The van der Waals surface area contributed by atoms with Crippen LogP contribution in [0, 0.1) is 0 Å². The Kier molecular flexibility index (Phi) is 4.71. The Balaban J connectivity index is 2.66. The molecule has 0 aliphatic heterocycles. The standard InChI is InChI=1S/C13H12F3NO/c1-2-9-17-12(18)8-5-10-3-6-11(7-4-10)13(14,15)16/h2-8H,1,9H2,(H,17,18)/b8-5+. The van der Waals surface area contributed by atoms with E-state index in [0.29, 0.717) is 12.1 Å². The summed E-state index contributed by atoms with van der Waals surface area (Å²) < 4.78 is 36.8. The average molecular weight is 255 g/mol. The lowest BCUT2D eigenvalue weighted by Gasteiger charge is -2.05. The van der Waals surface area contributed by atoms with Crippen LogP contribution in [0.5, 0.6) is 0 Å². The van der Waals surface area contributed by atoms with Gasteiger partial charge in [-0.15, -0.1) is 6.58 Å². The van der Waals surface area contributed by atoms with Crippen molar-refractivity contribution in [1.82, 2.24) is 5.32 Å². The van der Waals surface area contributed by atoms with Crippen LogP contribution in [0.2, 0.25) is 0 Å². The van der Waals surface area contributed by atoms with Gasteiger partial charge >= 0.3 is 6.18 Å². The second-order valence-corrected chi connectivity index (χ2v) is 3.49. The summed E-state index contributed by atoms with van der Waals surface area (Å²) in [4.78, 5) is 11.2. The van der Waals surface area contributed by atoms with Gasteiger partial charge in [0.15, 0.2) is 0 Å².